The third kappa shape index (κ3) is 7.96. The lowest BCUT2D eigenvalue weighted by molar-refractivity contribution is -0.00859. The zero-order valence-corrected chi connectivity index (χ0v) is 17.2. The predicted octanol–water partition coefficient (Wildman–Crippen LogP) is 6.45. The maximum Gasteiger partial charge on any atom is 0.419 e. The molecule has 0 aromatic heterocycles. The molecule has 26 heavy (non-hydrogen) atoms. The standard InChI is InChI=1S/C21H39NO4/c1-4-7-8-9-10-11-14-17-22(19(23)25-18-5-2)20(24)26-21(6-3)15-12-13-16-21/h4-18H2,1-3H3. The van der Waals surface area contributed by atoms with Gasteiger partial charge in [-0.05, 0) is 44.9 Å². The molecular formula is C21H39NO4. The summed E-state index contributed by atoms with van der Waals surface area (Å²) < 4.78 is 11.0. The summed E-state index contributed by atoms with van der Waals surface area (Å²) >= 11 is 0. The molecule has 152 valence electrons. The molecule has 2 amide bonds. The van der Waals surface area contributed by atoms with E-state index in [1.807, 2.05) is 6.92 Å². The van der Waals surface area contributed by atoms with Gasteiger partial charge >= 0.3 is 12.2 Å². The van der Waals surface area contributed by atoms with Gasteiger partial charge in [-0.2, -0.15) is 0 Å². The number of rotatable bonds is 12. The minimum atomic E-state index is -0.563. The molecule has 0 N–H and O–H groups in total. The predicted molar refractivity (Wildman–Crippen MR) is 104 cm³/mol. The van der Waals surface area contributed by atoms with Crippen LogP contribution in [0.5, 0.6) is 0 Å². The van der Waals surface area contributed by atoms with Crippen LogP contribution in [0, 0.1) is 0 Å². The Bertz CT molecular complexity index is 405. The summed E-state index contributed by atoms with van der Waals surface area (Å²) in [4.78, 5) is 26.2. The van der Waals surface area contributed by atoms with E-state index in [1.54, 1.807) is 0 Å². The molecule has 0 radical (unpaired) electrons. The number of carbonyl (C=O) groups is 2. The lowest BCUT2D eigenvalue weighted by Crippen LogP contribution is -2.43. The Hall–Kier alpha value is -1.26. The molecular weight excluding hydrogens is 330 g/mol. The van der Waals surface area contributed by atoms with E-state index < -0.39 is 12.2 Å². The SMILES string of the molecule is CCCCCCCCCN(C(=O)OCCC)C(=O)OC1(CC)CCCC1. The van der Waals surface area contributed by atoms with Gasteiger partial charge in [-0.15, -0.1) is 0 Å². The number of hydrogen-bond donors (Lipinski definition) is 0. The van der Waals surface area contributed by atoms with Crippen LogP contribution in [-0.4, -0.2) is 35.8 Å². The summed E-state index contributed by atoms with van der Waals surface area (Å²) in [5.74, 6) is 0. The average molecular weight is 370 g/mol. The van der Waals surface area contributed by atoms with E-state index in [-0.39, 0.29) is 5.60 Å². The molecule has 0 aliphatic heterocycles. The normalized spacial score (nSPS) is 15.7. The van der Waals surface area contributed by atoms with Crippen LogP contribution in [0.25, 0.3) is 0 Å². The summed E-state index contributed by atoms with van der Waals surface area (Å²) in [6.45, 7) is 6.91. The van der Waals surface area contributed by atoms with Gasteiger partial charge in [-0.25, -0.2) is 14.5 Å². The number of carbonyl (C=O) groups excluding carboxylic acids is 2. The van der Waals surface area contributed by atoms with E-state index in [1.165, 1.54) is 30.6 Å². The maximum absolute atomic E-state index is 12.7. The first kappa shape index (κ1) is 22.8. The minimum absolute atomic E-state index is 0.332. The lowest BCUT2D eigenvalue weighted by Gasteiger charge is -2.30. The fourth-order valence-electron chi connectivity index (χ4n) is 3.54. The van der Waals surface area contributed by atoms with Crippen molar-refractivity contribution >= 4 is 12.2 Å². The number of hydrogen-bond acceptors (Lipinski definition) is 4. The van der Waals surface area contributed by atoms with Crippen molar-refractivity contribution in [1.82, 2.24) is 4.90 Å². The smallest absolute Gasteiger partial charge is 0.419 e. The molecule has 0 atom stereocenters. The summed E-state index contributed by atoms with van der Waals surface area (Å²) in [5, 5.41) is 0. The van der Waals surface area contributed by atoms with Crippen LogP contribution < -0.4 is 0 Å². The molecule has 1 aliphatic carbocycles. The van der Waals surface area contributed by atoms with Gasteiger partial charge in [0.25, 0.3) is 0 Å². The van der Waals surface area contributed by atoms with Crippen molar-refractivity contribution in [3.8, 4) is 0 Å². The van der Waals surface area contributed by atoms with Gasteiger partial charge in [0.15, 0.2) is 0 Å². The van der Waals surface area contributed by atoms with Gasteiger partial charge in [0.05, 0.1) is 6.61 Å². The highest BCUT2D eigenvalue weighted by Crippen LogP contribution is 2.36. The third-order valence-corrected chi connectivity index (χ3v) is 5.32. The van der Waals surface area contributed by atoms with Crippen molar-refractivity contribution in [2.45, 2.75) is 110 Å². The van der Waals surface area contributed by atoms with Crippen molar-refractivity contribution < 1.29 is 19.1 Å². The zero-order chi connectivity index (χ0) is 19.3. The van der Waals surface area contributed by atoms with Crippen molar-refractivity contribution in [1.29, 1.82) is 0 Å². The second-order valence-electron chi connectivity index (χ2n) is 7.50. The molecule has 1 fully saturated rings. The van der Waals surface area contributed by atoms with Crippen LogP contribution in [0.15, 0.2) is 0 Å². The molecule has 5 nitrogen and oxygen atoms in total. The number of ether oxygens (including phenoxy) is 2. The van der Waals surface area contributed by atoms with Crippen LogP contribution in [-0.2, 0) is 9.47 Å². The van der Waals surface area contributed by atoms with Gasteiger partial charge in [-0.3, -0.25) is 0 Å². The van der Waals surface area contributed by atoms with E-state index in [0.29, 0.717) is 13.2 Å². The molecule has 1 aliphatic rings. The van der Waals surface area contributed by atoms with Crippen LogP contribution >= 0.6 is 0 Å². The molecule has 0 aromatic rings. The van der Waals surface area contributed by atoms with Crippen LogP contribution in [0.3, 0.4) is 0 Å². The molecule has 0 saturated heterocycles. The van der Waals surface area contributed by atoms with Gasteiger partial charge in [0.1, 0.15) is 5.60 Å². The zero-order valence-electron chi connectivity index (χ0n) is 17.2. The van der Waals surface area contributed by atoms with Crippen molar-refractivity contribution in [2.24, 2.45) is 0 Å². The quantitative estimate of drug-likeness (QED) is 0.371. The molecule has 0 spiro atoms. The first-order valence-corrected chi connectivity index (χ1v) is 10.8. The first-order valence-electron chi connectivity index (χ1n) is 10.8. The van der Waals surface area contributed by atoms with E-state index in [4.69, 9.17) is 9.47 Å². The van der Waals surface area contributed by atoms with Crippen LogP contribution in [0.1, 0.15) is 104 Å². The minimum Gasteiger partial charge on any atom is -0.449 e. The molecule has 0 heterocycles. The monoisotopic (exact) mass is 369 g/mol. The van der Waals surface area contributed by atoms with Gasteiger partial charge in [0.2, 0.25) is 0 Å². The number of unbranched alkanes of at least 4 members (excludes halogenated alkanes) is 6. The Morgan fingerprint density at radius 2 is 1.46 bits per heavy atom. The van der Waals surface area contributed by atoms with E-state index in [9.17, 15) is 9.59 Å². The number of amides is 2. The Morgan fingerprint density at radius 1 is 0.846 bits per heavy atom. The Labute approximate surface area is 159 Å². The molecule has 0 aromatic carbocycles. The molecule has 1 rings (SSSR count). The Morgan fingerprint density at radius 3 is 2.04 bits per heavy atom. The summed E-state index contributed by atoms with van der Waals surface area (Å²) in [6.07, 6.45) is 12.4. The molecule has 5 heteroatoms. The Kier molecular flexibility index (Phi) is 11.4. The highest BCUT2D eigenvalue weighted by molar-refractivity contribution is 5.87. The second-order valence-corrected chi connectivity index (χ2v) is 7.50. The summed E-state index contributed by atoms with van der Waals surface area (Å²) in [7, 11) is 0. The van der Waals surface area contributed by atoms with Gasteiger partial charge < -0.3 is 9.47 Å². The molecule has 1 saturated carbocycles. The highest BCUT2D eigenvalue weighted by Gasteiger charge is 2.38. The highest BCUT2D eigenvalue weighted by atomic mass is 16.6. The summed E-state index contributed by atoms with van der Waals surface area (Å²) in [5.41, 5.74) is -0.388. The van der Waals surface area contributed by atoms with Gasteiger partial charge in [-0.1, -0.05) is 59.3 Å². The largest absolute Gasteiger partial charge is 0.449 e. The van der Waals surface area contributed by atoms with Crippen molar-refractivity contribution in [3.05, 3.63) is 0 Å². The molecule has 0 unspecified atom stereocenters. The fraction of sp³-hybridized carbons (Fsp3) is 0.905. The van der Waals surface area contributed by atoms with Crippen molar-refractivity contribution in [2.75, 3.05) is 13.2 Å². The topological polar surface area (TPSA) is 55.8 Å². The fourth-order valence-corrected chi connectivity index (χ4v) is 3.54. The lowest BCUT2D eigenvalue weighted by atomic mass is 9.99. The van der Waals surface area contributed by atoms with Crippen LogP contribution in [0.2, 0.25) is 0 Å². The van der Waals surface area contributed by atoms with E-state index in [2.05, 4.69) is 13.8 Å². The molecule has 0 bridgehead atoms. The van der Waals surface area contributed by atoms with E-state index in [0.717, 1.165) is 57.8 Å². The van der Waals surface area contributed by atoms with Crippen molar-refractivity contribution in [3.63, 3.8) is 0 Å². The number of imide groups is 1. The summed E-state index contributed by atoms with van der Waals surface area (Å²) in [6, 6.07) is 0. The Balaban J connectivity index is 2.51. The number of nitrogens with zero attached hydrogens (tertiary/aromatic N) is 1. The maximum atomic E-state index is 12.7. The second kappa shape index (κ2) is 13.0. The third-order valence-electron chi connectivity index (χ3n) is 5.32. The van der Waals surface area contributed by atoms with E-state index >= 15 is 0 Å². The van der Waals surface area contributed by atoms with Crippen LogP contribution in [0.4, 0.5) is 9.59 Å². The average Bonchev–Trinajstić information content (AvgIpc) is 3.10. The first-order chi connectivity index (χ1) is 12.6. The van der Waals surface area contributed by atoms with Gasteiger partial charge in [0, 0.05) is 6.54 Å².